The van der Waals surface area contributed by atoms with Crippen LogP contribution in [0, 0.1) is 0 Å². The number of halogens is 3. The van der Waals surface area contributed by atoms with Gasteiger partial charge in [0.25, 0.3) is 0 Å². The molecule has 0 heterocycles. The second-order valence-corrected chi connectivity index (χ2v) is 6.58. The van der Waals surface area contributed by atoms with E-state index in [9.17, 15) is 0 Å². The SMILES string of the molecule is CNC(Cc1ccc(Br)cc1)c1cc(Br)ccc1Cl. The van der Waals surface area contributed by atoms with E-state index in [-0.39, 0.29) is 6.04 Å². The van der Waals surface area contributed by atoms with Gasteiger partial charge in [0.15, 0.2) is 0 Å². The van der Waals surface area contributed by atoms with Crippen LogP contribution in [-0.2, 0) is 6.42 Å². The lowest BCUT2D eigenvalue weighted by molar-refractivity contribution is 0.592. The number of hydrogen-bond acceptors (Lipinski definition) is 1. The molecule has 0 saturated heterocycles. The molecule has 0 aliphatic carbocycles. The van der Waals surface area contributed by atoms with Crippen LogP contribution in [0.1, 0.15) is 17.2 Å². The molecular formula is C15H14Br2ClN. The largest absolute Gasteiger partial charge is 0.313 e. The molecule has 100 valence electrons. The van der Waals surface area contributed by atoms with Gasteiger partial charge in [0.1, 0.15) is 0 Å². The summed E-state index contributed by atoms with van der Waals surface area (Å²) in [6.07, 6.45) is 0.903. The minimum atomic E-state index is 0.200. The number of likely N-dealkylation sites (N-methyl/N-ethyl adjacent to an activating group) is 1. The second-order valence-electron chi connectivity index (χ2n) is 4.34. The molecule has 0 saturated carbocycles. The molecule has 1 nitrogen and oxygen atoms in total. The predicted molar refractivity (Wildman–Crippen MR) is 88.8 cm³/mol. The zero-order valence-electron chi connectivity index (χ0n) is 10.5. The van der Waals surface area contributed by atoms with Crippen molar-refractivity contribution in [2.75, 3.05) is 7.05 Å². The van der Waals surface area contributed by atoms with Crippen LogP contribution in [0.15, 0.2) is 51.4 Å². The third kappa shape index (κ3) is 4.06. The summed E-state index contributed by atoms with van der Waals surface area (Å²) in [5.41, 5.74) is 2.39. The van der Waals surface area contributed by atoms with E-state index in [1.807, 2.05) is 19.2 Å². The van der Waals surface area contributed by atoms with Crippen LogP contribution in [0.3, 0.4) is 0 Å². The van der Waals surface area contributed by atoms with Gasteiger partial charge in [-0.15, -0.1) is 0 Å². The Hall–Kier alpha value is -0.350. The van der Waals surface area contributed by atoms with E-state index in [4.69, 9.17) is 11.6 Å². The topological polar surface area (TPSA) is 12.0 Å². The third-order valence-electron chi connectivity index (χ3n) is 3.04. The summed E-state index contributed by atoms with van der Waals surface area (Å²) >= 11 is 13.2. The zero-order valence-corrected chi connectivity index (χ0v) is 14.4. The maximum atomic E-state index is 6.29. The van der Waals surface area contributed by atoms with Gasteiger partial charge >= 0.3 is 0 Å². The highest BCUT2D eigenvalue weighted by molar-refractivity contribution is 9.10. The van der Waals surface area contributed by atoms with Crippen molar-refractivity contribution in [3.05, 3.63) is 67.6 Å². The van der Waals surface area contributed by atoms with Crippen LogP contribution in [0.5, 0.6) is 0 Å². The highest BCUT2D eigenvalue weighted by Crippen LogP contribution is 2.28. The maximum absolute atomic E-state index is 6.29. The molecule has 0 bridgehead atoms. The Bertz CT molecular complexity index is 555. The van der Waals surface area contributed by atoms with Gasteiger partial charge in [-0.05, 0) is 54.9 Å². The van der Waals surface area contributed by atoms with Crippen LogP contribution in [0.25, 0.3) is 0 Å². The van der Waals surface area contributed by atoms with Crippen LogP contribution < -0.4 is 5.32 Å². The van der Waals surface area contributed by atoms with Crippen LogP contribution in [-0.4, -0.2) is 7.05 Å². The van der Waals surface area contributed by atoms with E-state index in [1.54, 1.807) is 0 Å². The fraction of sp³-hybridized carbons (Fsp3) is 0.200. The van der Waals surface area contributed by atoms with Gasteiger partial charge in [0.05, 0.1) is 0 Å². The summed E-state index contributed by atoms with van der Waals surface area (Å²) < 4.78 is 2.14. The summed E-state index contributed by atoms with van der Waals surface area (Å²) in [7, 11) is 1.96. The molecule has 0 amide bonds. The van der Waals surface area contributed by atoms with E-state index < -0.39 is 0 Å². The van der Waals surface area contributed by atoms with E-state index in [0.29, 0.717) is 0 Å². The number of rotatable bonds is 4. The summed E-state index contributed by atoms with van der Waals surface area (Å²) in [5, 5.41) is 4.12. The molecule has 1 atom stereocenters. The van der Waals surface area contributed by atoms with Crippen LogP contribution in [0.2, 0.25) is 5.02 Å². The minimum absolute atomic E-state index is 0.200. The fourth-order valence-corrected chi connectivity index (χ4v) is 2.90. The Morgan fingerprint density at radius 3 is 2.32 bits per heavy atom. The summed E-state index contributed by atoms with van der Waals surface area (Å²) in [6, 6.07) is 14.5. The van der Waals surface area contributed by atoms with E-state index >= 15 is 0 Å². The van der Waals surface area contributed by atoms with Gasteiger partial charge in [-0.1, -0.05) is 55.6 Å². The molecule has 2 rings (SSSR count). The molecule has 0 spiro atoms. The molecule has 0 aromatic heterocycles. The highest BCUT2D eigenvalue weighted by Gasteiger charge is 2.14. The van der Waals surface area contributed by atoms with Gasteiger partial charge in [0.2, 0.25) is 0 Å². The van der Waals surface area contributed by atoms with Crippen molar-refractivity contribution in [1.82, 2.24) is 5.32 Å². The molecule has 19 heavy (non-hydrogen) atoms. The van der Waals surface area contributed by atoms with Gasteiger partial charge in [-0.3, -0.25) is 0 Å². The Kier molecular flexibility index (Phi) is 5.46. The standard InChI is InChI=1S/C15H14Br2ClN/c1-19-15(8-10-2-4-11(16)5-3-10)13-9-12(17)6-7-14(13)18/h2-7,9,15,19H,8H2,1H3. The Balaban J connectivity index is 2.24. The smallest absolute Gasteiger partial charge is 0.0454 e. The molecule has 1 N–H and O–H groups in total. The first-order valence-corrected chi connectivity index (χ1v) is 7.93. The average Bonchev–Trinajstić information content (AvgIpc) is 2.41. The zero-order chi connectivity index (χ0) is 13.8. The van der Waals surface area contributed by atoms with Crippen molar-refractivity contribution in [2.24, 2.45) is 0 Å². The van der Waals surface area contributed by atoms with Crippen LogP contribution >= 0.6 is 43.5 Å². The molecule has 0 fully saturated rings. The first-order chi connectivity index (χ1) is 9.10. The number of nitrogens with one attached hydrogen (secondary N) is 1. The van der Waals surface area contributed by atoms with Crippen molar-refractivity contribution in [3.8, 4) is 0 Å². The Labute approximate surface area is 135 Å². The second kappa shape index (κ2) is 6.89. The van der Waals surface area contributed by atoms with Crippen molar-refractivity contribution in [1.29, 1.82) is 0 Å². The maximum Gasteiger partial charge on any atom is 0.0454 e. The summed E-state index contributed by atoms with van der Waals surface area (Å²) in [6.45, 7) is 0. The molecule has 1 unspecified atom stereocenters. The molecule has 0 radical (unpaired) electrons. The molecule has 0 aliphatic heterocycles. The Morgan fingerprint density at radius 2 is 1.68 bits per heavy atom. The van der Waals surface area contributed by atoms with E-state index in [2.05, 4.69) is 67.5 Å². The number of hydrogen-bond donors (Lipinski definition) is 1. The lowest BCUT2D eigenvalue weighted by Crippen LogP contribution is -2.19. The van der Waals surface area contributed by atoms with Gasteiger partial charge in [0, 0.05) is 20.0 Å². The molecule has 2 aromatic carbocycles. The lowest BCUT2D eigenvalue weighted by Gasteiger charge is -2.18. The van der Waals surface area contributed by atoms with Crippen molar-refractivity contribution in [2.45, 2.75) is 12.5 Å². The van der Waals surface area contributed by atoms with E-state index in [1.165, 1.54) is 5.56 Å². The molecule has 2 aromatic rings. The van der Waals surface area contributed by atoms with Gasteiger partial charge < -0.3 is 5.32 Å². The third-order valence-corrected chi connectivity index (χ3v) is 4.40. The summed E-state index contributed by atoms with van der Waals surface area (Å²) in [5.74, 6) is 0. The molecule has 0 aliphatic rings. The van der Waals surface area contributed by atoms with Crippen molar-refractivity contribution >= 4 is 43.5 Å². The highest BCUT2D eigenvalue weighted by atomic mass is 79.9. The van der Waals surface area contributed by atoms with Crippen molar-refractivity contribution in [3.63, 3.8) is 0 Å². The normalized spacial score (nSPS) is 12.4. The fourth-order valence-electron chi connectivity index (χ4n) is 2.01. The summed E-state index contributed by atoms with van der Waals surface area (Å²) in [4.78, 5) is 0. The average molecular weight is 404 g/mol. The molecule has 4 heteroatoms. The van der Waals surface area contributed by atoms with Crippen LogP contribution in [0.4, 0.5) is 0 Å². The Morgan fingerprint density at radius 1 is 1.05 bits per heavy atom. The monoisotopic (exact) mass is 401 g/mol. The van der Waals surface area contributed by atoms with Crippen molar-refractivity contribution < 1.29 is 0 Å². The van der Waals surface area contributed by atoms with Gasteiger partial charge in [-0.25, -0.2) is 0 Å². The lowest BCUT2D eigenvalue weighted by atomic mass is 9.99. The first-order valence-electron chi connectivity index (χ1n) is 5.97. The quantitative estimate of drug-likeness (QED) is 0.724. The van der Waals surface area contributed by atoms with E-state index in [0.717, 1.165) is 26.0 Å². The van der Waals surface area contributed by atoms with Gasteiger partial charge in [-0.2, -0.15) is 0 Å². The predicted octanol–water partition coefficient (Wildman–Crippen LogP) is 5.37. The first kappa shape index (κ1) is 15.0. The minimum Gasteiger partial charge on any atom is -0.313 e. The molecular weight excluding hydrogens is 389 g/mol. The number of benzene rings is 2.